The number of hydrogen-bond acceptors (Lipinski definition) is 4. The van der Waals surface area contributed by atoms with Gasteiger partial charge < -0.3 is 15.2 Å². The molecule has 1 aliphatic heterocycles. The van der Waals surface area contributed by atoms with E-state index in [-0.39, 0.29) is 0 Å². The van der Waals surface area contributed by atoms with Crippen molar-refractivity contribution in [1.29, 1.82) is 0 Å². The van der Waals surface area contributed by atoms with Crippen LogP contribution in [0.15, 0.2) is 83.0 Å². The van der Waals surface area contributed by atoms with E-state index in [1.165, 1.54) is 0 Å². The third-order valence-electron chi connectivity index (χ3n) is 4.54. The molecule has 1 atom stereocenters. The number of aliphatic imine (C=N–C) groups is 1. The van der Waals surface area contributed by atoms with Gasteiger partial charge in [0.05, 0.1) is 5.70 Å². The van der Waals surface area contributed by atoms with E-state index in [4.69, 9.17) is 14.8 Å². The van der Waals surface area contributed by atoms with Gasteiger partial charge in [0.1, 0.15) is 28.4 Å². The molecule has 3 N–H and O–H groups in total. The van der Waals surface area contributed by atoms with Gasteiger partial charge >= 0.3 is 5.97 Å². The molecular weight excluding hydrogens is 328 g/mol. The van der Waals surface area contributed by atoms with E-state index < -0.39 is 11.5 Å². The van der Waals surface area contributed by atoms with Gasteiger partial charge in [-0.1, -0.05) is 36.4 Å². The van der Waals surface area contributed by atoms with Crippen LogP contribution in [0.4, 0.5) is 0 Å². The van der Waals surface area contributed by atoms with Crippen LogP contribution < -0.4 is 10.1 Å². The summed E-state index contributed by atoms with van der Waals surface area (Å²) in [6, 6.07) is 17.2. The first-order chi connectivity index (χ1) is 12.5. The van der Waals surface area contributed by atoms with Crippen molar-refractivity contribution >= 4 is 11.8 Å². The van der Waals surface area contributed by atoms with Crippen LogP contribution in [0.5, 0.6) is 11.5 Å². The minimum atomic E-state index is -0.702. The SMILES string of the molecule is CC12CC=CC(C(=O)[OH2+])=C1NC(c1cccc(Oc3ccccc3)c1)=N2. The number of amidine groups is 1. The second-order valence-corrected chi connectivity index (χ2v) is 6.53. The Morgan fingerprint density at radius 2 is 1.92 bits per heavy atom. The van der Waals surface area contributed by atoms with E-state index in [0.717, 1.165) is 11.3 Å². The van der Waals surface area contributed by atoms with Crippen LogP contribution in [0.25, 0.3) is 0 Å². The summed E-state index contributed by atoms with van der Waals surface area (Å²) in [5.41, 5.74) is 1.41. The zero-order valence-corrected chi connectivity index (χ0v) is 14.3. The Balaban J connectivity index is 1.65. The summed E-state index contributed by atoms with van der Waals surface area (Å²) in [5, 5.41) is 10.7. The van der Waals surface area contributed by atoms with Crippen LogP contribution in [-0.4, -0.2) is 22.5 Å². The highest BCUT2D eigenvalue weighted by atomic mass is 16.5. The van der Waals surface area contributed by atoms with Crippen LogP contribution in [0.3, 0.4) is 0 Å². The third-order valence-corrected chi connectivity index (χ3v) is 4.54. The number of carbonyl (C=O) groups is 1. The summed E-state index contributed by atoms with van der Waals surface area (Å²) < 4.78 is 5.89. The van der Waals surface area contributed by atoms with Gasteiger partial charge in [-0.15, -0.1) is 0 Å². The van der Waals surface area contributed by atoms with Crippen molar-refractivity contribution in [1.82, 2.24) is 5.32 Å². The molecule has 0 aromatic heterocycles. The predicted octanol–water partition coefficient (Wildman–Crippen LogP) is 3.05. The lowest BCUT2D eigenvalue weighted by atomic mass is 9.87. The van der Waals surface area contributed by atoms with E-state index in [9.17, 15) is 4.79 Å². The monoisotopic (exact) mass is 347 g/mol. The highest BCUT2D eigenvalue weighted by Gasteiger charge is 2.41. The fourth-order valence-electron chi connectivity index (χ4n) is 3.24. The molecule has 1 unspecified atom stereocenters. The maximum Gasteiger partial charge on any atom is 0.551 e. The minimum Gasteiger partial charge on any atom is -0.561 e. The smallest absolute Gasteiger partial charge is 0.551 e. The van der Waals surface area contributed by atoms with Gasteiger partial charge in [-0.3, -0.25) is 4.99 Å². The summed E-state index contributed by atoms with van der Waals surface area (Å²) in [6.07, 6.45) is 4.29. The molecule has 2 aliphatic rings. The zero-order valence-electron chi connectivity index (χ0n) is 14.3. The Morgan fingerprint density at radius 3 is 2.69 bits per heavy atom. The maximum absolute atomic E-state index is 11.6. The number of fused-ring (bicyclic) bond motifs is 1. The molecule has 1 heterocycles. The van der Waals surface area contributed by atoms with E-state index in [0.29, 0.717) is 29.3 Å². The van der Waals surface area contributed by atoms with Crippen molar-refractivity contribution in [2.75, 3.05) is 0 Å². The molecule has 4 rings (SSSR count). The Bertz CT molecular complexity index is 960. The van der Waals surface area contributed by atoms with Gasteiger partial charge in [0.25, 0.3) is 0 Å². The summed E-state index contributed by atoms with van der Waals surface area (Å²) in [4.78, 5) is 16.4. The summed E-state index contributed by atoms with van der Waals surface area (Å²) >= 11 is 0. The number of rotatable bonds is 4. The van der Waals surface area contributed by atoms with Crippen LogP contribution in [0.1, 0.15) is 18.9 Å². The lowest BCUT2D eigenvalue weighted by molar-refractivity contribution is -0.132. The number of carbonyl (C=O) groups excluding carboxylic acids is 1. The van der Waals surface area contributed by atoms with Crippen molar-refractivity contribution in [2.24, 2.45) is 4.99 Å². The number of para-hydroxylation sites is 1. The molecule has 2 aromatic carbocycles. The van der Waals surface area contributed by atoms with E-state index >= 15 is 0 Å². The summed E-state index contributed by atoms with van der Waals surface area (Å²) in [6.45, 7) is 1.97. The van der Waals surface area contributed by atoms with Gasteiger partial charge in [0, 0.05) is 10.4 Å². The van der Waals surface area contributed by atoms with Gasteiger partial charge in [-0.25, -0.2) is 0 Å². The Hall–Kier alpha value is -3.34. The second-order valence-electron chi connectivity index (χ2n) is 6.53. The van der Waals surface area contributed by atoms with Crippen LogP contribution in [0, 0.1) is 0 Å². The highest BCUT2D eigenvalue weighted by Crippen LogP contribution is 2.36. The molecule has 5 nitrogen and oxygen atoms in total. The first-order valence-corrected chi connectivity index (χ1v) is 8.43. The minimum absolute atomic E-state index is 0.370. The van der Waals surface area contributed by atoms with Crippen molar-refractivity contribution in [3.63, 3.8) is 0 Å². The average molecular weight is 347 g/mol. The molecule has 0 bridgehead atoms. The Morgan fingerprint density at radius 1 is 1.15 bits per heavy atom. The van der Waals surface area contributed by atoms with Crippen molar-refractivity contribution in [3.05, 3.63) is 83.6 Å². The molecule has 0 fully saturated rings. The number of ether oxygens (including phenoxy) is 1. The van der Waals surface area contributed by atoms with Gasteiger partial charge in [-0.2, -0.15) is 0 Å². The largest absolute Gasteiger partial charge is 0.561 e. The maximum atomic E-state index is 11.6. The molecule has 0 radical (unpaired) electrons. The van der Waals surface area contributed by atoms with Gasteiger partial charge in [-0.05, 0) is 43.7 Å². The molecular formula is C21H19N2O3+. The standard InChI is InChI=1S/C21H18N2O3/c1-21-12-6-11-17(20(24)25)18(21)22-19(23-21)14-7-5-10-16(13-14)26-15-8-3-2-4-9-15/h2-11,13H,12H2,1H3,(H,22,23)(H,24,25)/p+1. The van der Waals surface area contributed by atoms with Crippen LogP contribution in [0.2, 0.25) is 0 Å². The van der Waals surface area contributed by atoms with Crippen molar-refractivity contribution in [2.45, 2.75) is 18.9 Å². The lowest BCUT2D eigenvalue weighted by Crippen LogP contribution is -2.31. The van der Waals surface area contributed by atoms with Crippen molar-refractivity contribution in [3.8, 4) is 11.5 Å². The van der Waals surface area contributed by atoms with Gasteiger partial charge in [0.2, 0.25) is 0 Å². The van der Waals surface area contributed by atoms with E-state index in [2.05, 4.69) is 5.32 Å². The quantitative estimate of drug-likeness (QED) is 0.864. The molecule has 0 spiro atoms. The molecule has 0 saturated heterocycles. The molecule has 0 saturated carbocycles. The van der Waals surface area contributed by atoms with Crippen LogP contribution in [-0.2, 0) is 4.79 Å². The third kappa shape index (κ3) is 2.88. The summed E-state index contributed by atoms with van der Waals surface area (Å²) in [7, 11) is 0. The van der Waals surface area contributed by atoms with Crippen LogP contribution >= 0.6 is 0 Å². The number of hydrogen-bond donors (Lipinski definition) is 1. The predicted molar refractivity (Wildman–Crippen MR) is 100 cm³/mol. The molecule has 5 heteroatoms. The highest BCUT2D eigenvalue weighted by molar-refractivity contribution is 6.04. The number of nitrogens with one attached hydrogen (secondary N) is 1. The molecule has 26 heavy (non-hydrogen) atoms. The van der Waals surface area contributed by atoms with Gasteiger partial charge in [0.15, 0.2) is 0 Å². The molecule has 0 amide bonds. The Kier molecular flexibility index (Phi) is 3.84. The number of benzene rings is 2. The second kappa shape index (κ2) is 6.19. The van der Waals surface area contributed by atoms with E-state index in [1.807, 2.05) is 67.6 Å². The molecule has 2 aromatic rings. The average Bonchev–Trinajstić information content (AvgIpc) is 3.00. The fourth-order valence-corrected chi connectivity index (χ4v) is 3.24. The molecule has 1 aliphatic carbocycles. The first kappa shape index (κ1) is 16.1. The normalized spacial score (nSPS) is 21.0. The first-order valence-electron chi connectivity index (χ1n) is 8.43. The fraction of sp³-hybridized carbons (Fsp3) is 0.143. The Labute approximate surface area is 151 Å². The molecule has 130 valence electrons. The van der Waals surface area contributed by atoms with Crippen molar-refractivity contribution < 1.29 is 14.6 Å². The summed E-state index contributed by atoms with van der Waals surface area (Å²) in [5.74, 6) is 1.46. The lowest BCUT2D eigenvalue weighted by Gasteiger charge is -2.23. The zero-order chi connectivity index (χ0) is 18.1. The van der Waals surface area contributed by atoms with E-state index in [1.54, 1.807) is 6.08 Å². The topological polar surface area (TPSA) is 73.6 Å². The number of nitrogens with zero attached hydrogens (tertiary/aromatic N) is 1.